The first kappa shape index (κ1) is 19.0. The summed E-state index contributed by atoms with van der Waals surface area (Å²) in [6.45, 7) is 3.70. The first-order valence-electron chi connectivity index (χ1n) is 9.83. The zero-order valence-electron chi connectivity index (χ0n) is 16.6. The third-order valence-corrected chi connectivity index (χ3v) is 5.59. The summed E-state index contributed by atoms with van der Waals surface area (Å²) in [5.74, 6) is 0.578. The fraction of sp³-hybridized carbons (Fsp3) is 0.250. The van der Waals surface area contributed by atoms with Crippen LogP contribution < -0.4 is 5.56 Å². The monoisotopic (exact) mass is 388 g/mol. The van der Waals surface area contributed by atoms with Crippen molar-refractivity contribution in [3.05, 3.63) is 80.6 Å². The Kier molecular flexibility index (Phi) is 4.97. The molecule has 3 aromatic rings. The van der Waals surface area contributed by atoms with Crippen molar-refractivity contribution >= 4 is 5.57 Å². The summed E-state index contributed by atoms with van der Waals surface area (Å²) in [5, 5.41) is 26.6. The lowest BCUT2D eigenvalue weighted by molar-refractivity contribution is 0.467. The number of aryl methyl sites for hydroxylation is 3. The second-order valence-electron chi connectivity index (χ2n) is 7.69. The summed E-state index contributed by atoms with van der Waals surface area (Å²) >= 11 is 0. The highest BCUT2D eigenvalue weighted by atomic mass is 16.3. The Bertz CT molecular complexity index is 1150. The Morgan fingerprint density at radius 3 is 2.48 bits per heavy atom. The van der Waals surface area contributed by atoms with Gasteiger partial charge in [0.2, 0.25) is 0 Å². The predicted molar refractivity (Wildman–Crippen MR) is 114 cm³/mol. The average molecular weight is 388 g/mol. The van der Waals surface area contributed by atoms with Gasteiger partial charge in [-0.2, -0.15) is 5.10 Å². The van der Waals surface area contributed by atoms with Crippen molar-refractivity contribution in [2.45, 2.75) is 39.5 Å². The van der Waals surface area contributed by atoms with Crippen LogP contribution in [-0.4, -0.2) is 20.4 Å². The first-order chi connectivity index (χ1) is 13.9. The maximum atomic E-state index is 12.5. The number of phenols is 2. The van der Waals surface area contributed by atoms with Gasteiger partial charge in [-0.3, -0.25) is 4.79 Å². The van der Waals surface area contributed by atoms with Gasteiger partial charge >= 0.3 is 0 Å². The Hall–Kier alpha value is -3.34. The van der Waals surface area contributed by atoms with Crippen molar-refractivity contribution < 1.29 is 10.2 Å². The number of hydrogen-bond acceptors (Lipinski definition) is 4. The molecule has 29 heavy (non-hydrogen) atoms. The number of aromatic amines is 1. The molecule has 5 heteroatoms. The van der Waals surface area contributed by atoms with E-state index in [9.17, 15) is 15.0 Å². The molecule has 2 aromatic carbocycles. The van der Waals surface area contributed by atoms with E-state index in [0.717, 1.165) is 47.9 Å². The molecule has 0 fully saturated rings. The van der Waals surface area contributed by atoms with Crippen LogP contribution in [0.1, 0.15) is 40.7 Å². The number of nitrogens with one attached hydrogen (secondary N) is 1. The molecule has 0 spiro atoms. The summed E-state index contributed by atoms with van der Waals surface area (Å²) in [4.78, 5) is 12.5. The summed E-state index contributed by atoms with van der Waals surface area (Å²) in [5.41, 5.74) is 6.90. The van der Waals surface area contributed by atoms with Gasteiger partial charge in [-0.1, -0.05) is 12.1 Å². The summed E-state index contributed by atoms with van der Waals surface area (Å²) in [6.07, 6.45) is 5.38. The molecule has 148 valence electrons. The molecule has 0 bridgehead atoms. The third-order valence-electron chi connectivity index (χ3n) is 5.59. The Morgan fingerprint density at radius 2 is 1.72 bits per heavy atom. The van der Waals surface area contributed by atoms with E-state index in [0.29, 0.717) is 17.0 Å². The summed E-state index contributed by atoms with van der Waals surface area (Å²) < 4.78 is 0. The molecule has 1 heterocycles. The summed E-state index contributed by atoms with van der Waals surface area (Å²) in [7, 11) is 0. The minimum Gasteiger partial charge on any atom is -0.508 e. The number of benzene rings is 2. The maximum Gasteiger partial charge on any atom is 0.271 e. The molecule has 0 aliphatic heterocycles. The van der Waals surface area contributed by atoms with Crippen LogP contribution in [0.2, 0.25) is 0 Å². The van der Waals surface area contributed by atoms with Crippen LogP contribution in [0.3, 0.4) is 0 Å². The molecular formula is C24H24N2O3. The van der Waals surface area contributed by atoms with Crippen molar-refractivity contribution in [1.82, 2.24) is 10.2 Å². The van der Waals surface area contributed by atoms with E-state index in [1.54, 1.807) is 6.07 Å². The molecule has 4 rings (SSSR count). The second kappa shape index (κ2) is 7.59. The lowest BCUT2D eigenvalue weighted by atomic mass is 9.90. The van der Waals surface area contributed by atoms with Gasteiger partial charge in [0.15, 0.2) is 0 Å². The maximum absolute atomic E-state index is 12.5. The standard InChI is InChI=1S/C24H24N2O3/c1-14-10-19(11-15(2)23(14)28)22-13-21(24(29)26-25-22)17-4-3-5-18-12-20(27)9-8-16(18)6-7-17/h7-13,27-28H,3-6H2,1-2H3,(H,26,29)/b17-7+. The van der Waals surface area contributed by atoms with Crippen LogP contribution in [0, 0.1) is 13.8 Å². The van der Waals surface area contributed by atoms with Crippen molar-refractivity contribution in [3.63, 3.8) is 0 Å². The SMILES string of the molecule is Cc1cc(-c2cc(/C3=C/Cc4ccc(O)cc4CCC3)c(=O)[nH]n2)cc(C)c1O. The highest BCUT2D eigenvalue weighted by molar-refractivity contribution is 5.71. The molecule has 0 saturated heterocycles. The number of aromatic hydroxyl groups is 2. The molecular weight excluding hydrogens is 364 g/mol. The average Bonchev–Trinajstić information content (AvgIpc) is 2.68. The number of nitrogens with zero attached hydrogens (tertiary/aromatic N) is 1. The van der Waals surface area contributed by atoms with Crippen molar-refractivity contribution in [1.29, 1.82) is 0 Å². The van der Waals surface area contributed by atoms with Crippen molar-refractivity contribution in [2.75, 3.05) is 0 Å². The van der Waals surface area contributed by atoms with Crippen LogP contribution in [0.4, 0.5) is 0 Å². The number of rotatable bonds is 2. The number of aromatic nitrogens is 2. The molecule has 1 aromatic heterocycles. The largest absolute Gasteiger partial charge is 0.508 e. The van der Waals surface area contributed by atoms with Crippen LogP contribution in [-0.2, 0) is 12.8 Å². The van der Waals surface area contributed by atoms with Gasteiger partial charge in [-0.25, -0.2) is 5.10 Å². The van der Waals surface area contributed by atoms with E-state index in [1.165, 1.54) is 11.1 Å². The topological polar surface area (TPSA) is 86.2 Å². The number of allylic oxidation sites excluding steroid dienone is 2. The third kappa shape index (κ3) is 3.81. The number of H-pyrrole nitrogens is 1. The predicted octanol–water partition coefficient (Wildman–Crippen LogP) is 4.43. The lowest BCUT2D eigenvalue weighted by Crippen LogP contribution is -2.15. The van der Waals surface area contributed by atoms with Gasteiger partial charge in [0.05, 0.1) is 5.69 Å². The van der Waals surface area contributed by atoms with E-state index < -0.39 is 0 Å². The van der Waals surface area contributed by atoms with Gasteiger partial charge in [0, 0.05) is 11.1 Å². The molecule has 0 saturated carbocycles. The van der Waals surface area contributed by atoms with Gasteiger partial charge in [0.25, 0.3) is 5.56 Å². The zero-order chi connectivity index (χ0) is 20.5. The van der Waals surface area contributed by atoms with Crippen LogP contribution in [0.15, 0.2) is 47.3 Å². The Labute approximate surface area is 169 Å². The zero-order valence-corrected chi connectivity index (χ0v) is 16.6. The number of fused-ring (bicyclic) bond motifs is 1. The van der Waals surface area contributed by atoms with E-state index >= 15 is 0 Å². The molecule has 3 N–H and O–H groups in total. The second-order valence-corrected chi connectivity index (χ2v) is 7.69. The van der Waals surface area contributed by atoms with Gasteiger partial charge in [-0.05, 0) is 97.7 Å². The minimum atomic E-state index is -0.196. The number of hydrogen-bond donors (Lipinski definition) is 3. The van der Waals surface area contributed by atoms with E-state index in [4.69, 9.17) is 0 Å². The minimum absolute atomic E-state index is 0.196. The molecule has 1 aliphatic carbocycles. The van der Waals surface area contributed by atoms with Crippen LogP contribution in [0.25, 0.3) is 16.8 Å². The quantitative estimate of drug-likeness (QED) is 0.606. The molecule has 1 aliphatic rings. The highest BCUT2D eigenvalue weighted by Gasteiger charge is 2.15. The van der Waals surface area contributed by atoms with E-state index in [-0.39, 0.29) is 11.3 Å². The highest BCUT2D eigenvalue weighted by Crippen LogP contribution is 2.30. The fourth-order valence-electron chi connectivity index (χ4n) is 3.99. The van der Waals surface area contributed by atoms with Crippen LogP contribution >= 0.6 is 0 Å². The van der Waals surface area contributed by atoms with Crippen LogP contribution in [0.5, 0.6) is 11.5 Å². The van der Waals surface area contributed by atoms with E-state index in [2.05, 4.69) is 16.3 Å². The molecule has 0 radical (unpaired) electrons. The fourth-order valence-corrected chi connectivity index (χ4v) is 3.99. The summed E-state index contributed by atoms with van der Waals surface area (Å²) in [6, 6.07) is 11.1. The Morgan fingerprint density at radius 1 is 0.966 bits per heavy atom. The van der Waals surface area contributed by atoms with Gasteiger partial charge in [0.1, 0.15) is 11.5 Å². The van der Waals surface area contributed by atoms with Crippen molar-refractivity contribution in [3.8, 4) is 22.8 Å². The van der Waals surface area contributed by atoms with Gasteiger partial charge in [-0.15, -0.1) is 0 Å². The normalized spacial score (nSPS) is 15.7. The molecule has 0 amide bonds. The van der Waals surface area contributed by atoms with Crippen molar-refractivity contribution in [2.24, 2.45) is 0 Å². The smallest absolute Gasteiger partial charge is 0.271 e. The Balaban J connectivity index is 1.73. The van der Waals surface area contributed by atoms with E-state index in [1.807, 2.05) is 44.2 Å². The molecule has 0 atom stereocenters. The first-order valence-corrected chi connectivity index (χ1v) is 9.83. The number of phenolic OH excluding ortho intramolecular Hbond substituents is 2. The lowest BCUT2D eigenvalue weighted by Gasteiger charge is -2.15. The molecule has 5 nitrogen and oxygen atoms in total. The van der Waals surface area contributed by atoms with Gasteiger partial charge < -0.3 is 10.2 Å². The molecule has 0 unspecified atom stereocenters.